The third-order valence-electron chi connectivity index (χ3n) is 5.57. The number of aliphatic hydroxyl groups is 3. The van der Waals surface area contributed by atoms with E-state index in [1.54, 1.807) is 0 Å². The van der Waals surface area contributed by atoms with Gasteiger partial charge in [0.1, 0.15) is 36.1 Å². The van der Waals surface area contributed by atoms with Crippen molar-refractivity contribution in [3.05, 3.63) is 0 Å². The molecule has 2 atom stereocenters. The van der Waals surface area contributed by atoms with Gasteiger partial charge in [0.2, 0.25) is 0 Å². The number of hydrogen-bond donors (Lipinski definition) is 6. The predicted molar refractivity (Wildman–Crippen MR) is 101 cm³/mol. The van der Waals surface area contributed by atoms with Gasteiger partial charge in [0.15, 0.2) is 0 Å². The Balaban J connectivity index is 6.00. The minimum atomic E-state index is -1.94. The van der Waals surface area contributed by atoms with Gasteiger partial charge in [-0.3, -0.25) is 28.8 Å². The Morgan fingerprint density at radius 2 is 1.16 bits per heavy atom. The number of carboxylic acids is 3. The van der Waals surface area contributed by atoms with E-state index in [-0.39, 0.29) is 6.42 Å². The first-order valence-electron chi connectivity index (χ1n) is 9.38. The van der Waals surface area contributed by atoms with Gasteiger partial charge in [-0.2, -0.15) is 0 Å². The lowest BCUT2D eigenvalue weighted by molar-refractivity contribution is -0.156. The summed E-state index contributed by atoms with van der Waals surface area (Å²) < 4.78 is 0. The zero-order chi connectivity index (χ0) is 24.4. The highest BCUT2D eigenvalue weighted by Gasteiger charge is 2.52. The zero-order valence-corrected chi connectivity index (χ0v) is 17.1. The third-order valence-corrected chi connectivity index (χ3v) is 5.57. The maximum Gasteiger partial charge on any atom is 0.314 e. The highest BCUT2D eigenvalue weighted by atomic mass is 16.4. The molecule has 0 rings (SSSR count). The summed E-state index contributed by atoms with van der Waals surface area (Å²) in [5.41, 5.74) is -3.57. The first-order chi connectivity index (χ1) is 14.3. The van der Waals surface area contributed by atoms with Gasteiger partial charge in [-0.25, -0.2) is 0 Å². The van der Waals surface area contributed by atoms with Gasteiger partial charge < -0.3 is 30.6 Å². The first-order valence-corrected chi connectivity index (χ1v) is 9.38. The molecule has 0 bridgehead atoms. The number of carboxylic acid groups (broad SMARTS) is 3. The van der Waals surface area contributed by atoms with Gasteiger partial charge >= 0.3 is 17.9 Å². The van der Waals surface area contributed by atoms with Crippen LogP contribution in [0.25, 0.3) is 0 Å². The second kappa shape index (κ2) is 12.2. The Bertz CT molecular complexity index is 703. The molecule has 0 saturated heterocycles. The van der Waals surface area contributed by atoms with Crippen molar-refractivity contribution in [2.75, 3.05) is 19.8 Å². The Morgan fingerprint density at radius 1 is 0.710 bits per heavy atom. The normalized spacial score (nSPS) is 14.3. The SMILES string of the molecule is CCC(CO)(CC(=O)C(CC(=O)CC(=O)O)C(=O)O)C(CO)(CO)CC(=O)CC(=O)O. The molecule has 0 heterocycles. The van der Waals surface area contributed by atoms with Gasteiger partial charge in [-0.15, -0.1) is 0 Å². The van der Waals surface area contributed by atoms with E-state index in [4.69, 9.17) is 10.2 Å². The number of hydrogen-bond acceptors (Lipinski definition) is 9. The van der Waals surface area contributed by atoms with Crippen LogP contribution in [0.2, 0.25) is 0 Å². The summed E-state index contributed by atoms with van der Waals surface area (Å²) in [6, 6.07) is 0. The molecule has 31 heavy (non-hydrogen) atoms. The van der Waals surface area contributed by atoms with Gasteiger partial charge in [-0.1, -0.05) is 6.92 Å². The van der Waals surface area contributed by atoms with Crippen molar-refractivity contribution in [1.82, 2.24) is 0 Å². The second-order valence-electron chi connectivity index (χ2n) is 7.52. The maximum absolute atomic E-state index is 12.7. The molecule has 0 aliphatic rings. The quantitative estimate of drug-likeness (QED) is 0.145. The van der Waals surface area contributed by atoms with Crippen LogP contribution in [0, 0.1) is 16.7 Å². The fourth-order valence-corrected chi connectivity index (χ4v) is 3.58. The lowest BCUT2D eigenvalue weighted by Gasteiger charge is -2.47. The predicted octanol–water partition coefficient (Wildman–Crippen LogP) is -1.13. The van der Waals surface area contributed by atoms with Crippen LogP contribution in [0.5, 0.6) is 0 Å². The van der Waals surface area contributed by atoms with Crippen molar-refractivity contribution in [1.29, 1.82) is 0 Å². The molecule has 0 aliphatic carbocycles. The Hall–Kier alpha value is -2.70. The van der Waals surface area contributed by atoms with Crippen LogP contribution >= 0.6 is 0 Å². The number of rotatable bonds is 17. The molecule has 0 aromatic heterocycles. The smallest absolute Gasteiger partial charge is 0.314 e. The van der Waals surface area contributed by atoms with E-state index in [1.165, 1.54) is 6.92 Å². The lowest BCUT2D eigenvalue weighted by Crippen LogP contribution is -2.52. The Kier molecular flexibility index (Phi) is 11.2. The van der Waals surface area contributed by atoms with Crippen molar-refractivity contribution < 1.29 is 59.4 Å². The van der Waals surface area contributed by atoms with Crippen LogP contribution in [0.4, 0.5) is 0 Å². The minimum absolute atomic E-state index is 0.119. The summed E-state index contributed by atoms with van der Waals surface area (Å²) in [5, 5.41) is 56.7. The van der Waals surface area contributed by atoms with E-state index >= 15 is 0 Å². The molecule has 0 aromatic rings. The van der Waals surface area contributed by atoms with E-state index in [2.05, 4.69) is 0 Å². The summed E-state index contributed by atoms with van der Waals surface area (Å²) in [4.78, 5) is 69.5. The summed E-state index contributed by atoms with van der Waals surface area (Å²) in [6.45, 7) is -1.26. The second-order valence-corrected chi connectivity index (χ2v) is 7.52. The maximum atomic E-state index is 12.7. The molecule has 0 fully saturated rings. The topological polar surface area (TPSA) is 224 Å². The highest BCUT2D eigenvalue weighted by Crippen LogP contribution is 2.48. The molecular formula is C19H28O12. The third kappa shape index (κ3) is 7.49. The number of Topliss-reactive ketones (excluding diaryl/α,β-unsaturated/α-hetero) is 3. The van der Waals surface area contributed by atoms with E-state index < -0.39 is 104 Å². The molecule has 0 amide bonds. The molecule has 12 heteroatoms. The van der Waals surface area contributed by atoms with Gasteiger partial charge in [0, 0.05) is 36.7 Å². The van der Waals surface area contributed by atoms with Crippen LogP contribution < -0.4 is 0 Å². The molecule has 176 valence electrons. The molecule has 12 nitrogen and oxygen atoms in total. The number of carbonyl (C=O) groups is 6. The van der Waals surface area contributed by atoms with Gasteiger partial charge in [-0.05, 0) is 6.42 Å². The van der Waals surface area contributed by atoms with E-state index in [1.807, 2.05) is 0 Å². The van der Waals surface area contributed by atoms with Crippen molar-refractivity contribution in [3.63, 3.8) is 0 Å². The largest absolute Gasteiger partial charge is 0.481 e. The fraction of sp³-hybridized carbons (Fsp3) is 0.684. The average molecular weight is 448 g/mol. The lowest BCUT2D eigenvalue weighted by atomic mass is 9.57. The van der Waals surface area contributed by atoms with Crippen LogP contribution in [-0.2, 0) is 28.8 Å². The highest BCUT2D eigenvalue weighted by molar-refractivity contribution is 6.04. The molecule has 0 aromatic carbocycles. The Morgan fingerprint density at radius 3 is 1.52 bits per heavy atom. The number of ketones is 3. The standard InChI is InChI=1S/C19H28O12/c1-2-18(8-20,19(9-21,10-22)6-12(24)5-16(28)29)7-14(25)13(17(30)31)3-11(23)4-15(26)27/h13,20-22H,2-10H2,1H3,(H,26,27)(H,28,29)(H,30,31). The number of aliphatic hydroxyl groups excluding tert-OH is 3. The summed E-state index contributed by atoms with van der Waals surface area (Å²) in [5.74, 6) is -9.57. The minimum Gasteiger partial charge on any atom is -0.481 e. The van der Waals surface area contributed by atoms with E-state index in [9.17, 15) is 49.2 Å². The molecular weight excluding hydrogens is 420 g/mol. The molecule has 0 spiro atoms. The molecule has 0 saturated carbocycles. The average Bonchev–Trinajstić information content (AvgIpc) is 2.67. The summed E-state index contributed by atoms with van der Waals surface area (Å²) >= 11 is 0. The van der Waals surface area contributed by atoms with Crippen LogP contribution in [0.15, 0.2) is 0 Å². The first kappa shape index (κ1) is 28.3. The molecule has 2 unspecified atom stereocenters. The Labute approximate surface area is 177 Å². The van der Waals surface area contributed by atoms with Crippen LogP contribution in [0.3, 0.4) is 0 Å². The summed E-state index contributed by atoms with van der Waals surface area (Å²) in [6.07, 6.45) is -4.41. The van der Waals surface area contributed by atoms with Gasteiger partial charge in [0.25, 0.3) is 0 Å². The fourth-order valence-electron chi connectivity index (χ4n) is 3.58. The van der Waals surface area contributed by atoms with E-state index in [0.717, 1.165) is 0 Å². The van der Waals surface area contributed by atoms with Crippen LogP contribution in [0.1, 0.15) is 45.4 Å². The summed E-state index contributed by atoms with van der Waals surface area (Å²) in [7, 11) is 0. The zero-order valence-electron chi connectivity index (χ0n) is 17.1. The molecule has 0 radical (unpaired) electrons. The van der Waals surface area contributed by atoms with Crippen molar-refractivity contribution >= 4 is 35.3 Å². The van der Waals surface area contributed by atoms with Crippen molar-refractivity contribution in [3.8, 4) is 0 Å². The van der Waals surface area contributed by atoms with E-state index in [0.29, 0.717) is 0 Å². The number of carbonyl (C=O) groups excluding carboxylic acids is 3. The molecule has 6 N–H and O–H groups in total. The molecule has 0 aliphatic heterocycles. The van der Waals surface area contributed by atoms with Crippen molar-refractivity contribution in [2.45, 2.75) is 45.4 Å². The van der Waals surface area contributed by atoms with Crippen molar-refractivity contribution in [2.24, 2.45) is 16.7 Å². The van der Waals surface area contributed by atoms with Crippen LogP contribution in [-0.4, -0.2) is 85.7 Å². The van der Waals surface area contributed by atoms with Gasteiger partial charge in [0.05, 0.1) is 13.2 Å². The number of aliphatic carboxylic acids is 3. The monoisotopic (exact) mass is 448 g/mol.